The molecule has 0 N–H and O–H groups in total. The summed E-state index contributed by atoms with van der Waals surface area (Å²) in [5, 5.41) is 12.2. The molecule has 2 aromatic heterocycles. The van der Waals surface area contributed by atoms with Crippen molar-refractivity contribution in [1.82, 2.24) is 24.9 Å². The predicted octanol–water partition coefficient (Wildman–Crippen LogP) is 27.1. The van der Waals surface area contributed by atoms with Crippen molar-refractivity contribution in [2.45, 2.75) is 5.41 Å². The van der Waals surface area contributed by atoms with Crippen LogP contribution in [0.5, 0.6) is 0 Å². The van der Waals surface area contributed by atoms with Crippen molar-refractivity contribution >= 4 is 53.9 Å². The fourth-order valence-corrected chi connectivity index (χ4v) is 16.9. The van der Waals surface area contributed by atoms with Crippen LogP contribution in [0.3, 0.4) is 0 Å². The van der Waals surface area contributed by atoms with Gasteiger partial charge in [0.1, 0.15) is 0 Å². The number of rotatable bonds is 12. The molecule has 5 nitrogen and oxygen atoms in total. The monoisotopic (exact) mass is 1410 g/mol. The molecule has 2 heterocycles. The van der Waals surface area contributed by atoms with E-state index in [2.05, 4.69) is 358 Å². The zero-order chi connectivity index (χ0) is 73.6. The lowest BCUT2D eigenvalue weighted by atomic mass is 9.67. The molecule has 0 saturated heterocycles. The Labute approximate surface area is 644 Å². The van der Waals surface area contributed by atoms with Crippen molar-refractivity contribution in [3.63, 3.8) is 0 Å². The lowest BCUT2D eigenvalue weighted by Crippen LogP contribution is -2.28. The molecule has 0 unspecified atom stereocenters. The molecule has 0 aliphatic heterocycles. The third-order valence-corrected chi connectivity index (χ3v) is 22.0. The molecule has 20 aromatic rings. The Morgan fingerprint density at radius 3 is 1.14 bits per heavy atom. The van der Waals surface area contributed by atoms with Crippen LogP contribution in [0.2, 0.25) is 0 Å². The minimum atomic E-state index is -0.516. The van der Waals surface area contributed by atoms with Crippen molar-refractivity contribution in [2.24, 2.45) is 0 Å². The minimum absolute atomic E-state index is 0.516. The zero-order valence-electron chi connectivity index (χ0n) is 60.6. The molecular formula is C106H69N5. The molecule has 0 saturated carbocycles. The van der Waals surface area contributed by atoms with Gasteiger partial charge in [0.05, 0.1) is 16.8 Å². The highest BCUT2D eigenvalue weighted by molar-refractivity contribution is 6.26. The molecule has 0 fully saturated rings. The van der Waals surface area contributed by atoms with E-state index in [1.807, 2.05) is 60.7 Å². The Balaban J connectivity index is 0.000000145. The largest absolute Gasteiger partial charge is 0.228 e. The molecule has 1 aliphatic rings. The van der Waals surface area contributed by atoms with Gasteiger partial charge in [-0.3, -0.25) is 0 Å². The number of nitrogens with zero attached hydrogens (tertiary/aromatic N) is 5. The van der Waals surface area contributed by atoms with Crippen LogP contribution in [0.25, 0.3) is 178 Å². The second kappa shape index (κ2) is 28.2. The van der Waals surface area contributed by atoms with E-state index in [0.717, 1.165) is 88.9 Å². The Morgan fingerprint density at radius 2 is 0.541 bits per heavy atom. The minimum Gasteiger partial charge on any atom is -0.228 e. The van der Waals surface area contributed by atoms with Gasteiger partial charge in [-0.25, -0.2) is 24.9 Å². The van der Waals surface area contributed by atoms with E-state index in [-0.39, 0.29) is 0 Å². The molecule has 0 amide bonds. The van der Waals surface area contributed by atoms with Gasteiger partial charge in [0.2, 0.25) is 0 Å². The third-order valence-electron chi connectivity index (χ3n) is 22.0. The van der Waals surface area contributed by atoms with E-state index in [1.54, 1.807) is 0 Å². The van der Waals surface area contributed by atoms with Crippen LogP contribution in [-0.2, 0) is 5.41 Å². The fraction of sp³-hybridized carbons (Fsp3) is 0.00943. The fourth-order valence-electron chi connectivity index (χ4n) is 16.9. The molecule has 1 aliphatic carbocycles. The van der Waals surface area contributed by atoms with Crippen LogP contribution in [-0.4, -0.2) is 24.9 Å². The first kappa shape index (κ1) is 65.8. The maximum absolute atomic E-state index is 5.52. The normalized spacial score (nSPS) is 12.0. The van der Waals surface area contributed by atoms with E-state index in [9.17, 15) is 0 Å². The van der Waals surface area contributed by atoms with E-state index >= 15 is 0 Å². The second-order valence-corrected chi connectivity index (χ2v) is 28.5. The maximum Gasteiger partial charge on any atom is 0.164 e. The molecule has 18 aromatic carbocycles. The summed E-state index contributed by atoms with van der Waals surface area (Å²) in [6, 6.07) is 149. The average molecular weight is 1410 g/mol. The highest BCUT2D eigenvalue weighted by Gasteiger charge is 2.46. The standard InChI is InChI=1S/C55H36N2.C51H33N3/c1-4-18-37(19-5-1)42-25-12-15-30-48(42)53-36-52(56-54(57-53)49-34-38-20-10-11-26-43(38)44-27-13-14-28-45(44)49)39-32-33-47-46-29-16-17-31-50(46)55(51(47)35-39,40-21-6-2-7-22-40)41-23-8-3-9-24-41;1-4-15-34(16-5-1)37-21-14-22-38(29-37)40-30-41(39-27-28-47-45-25-11-10-23-43(45)44-24-12-13-26-46(44)48(47)33-39)32-42(31-40)51-53-49(35-17-6-2-7-18-35)52-50(54-51)36-19-8-3-9-20-36/h1-36H;1-33H. The van der Waals surface area contributed by atoms with Crippen molar-refractivity contribution in [3.05, 3.63) is 441 Å². The summed E-state index contributed by atoms with van der Waals surface area (Å²) in [6.45, 7) is 0. The average Bonchev–Trinajstić information content (AvgIpc) is 1.55. The summed E-state index contributed by atoms with van der Waals surface area (Å²) in [5.74, 6) is 2.61. The maximum atomic E-state index is 5.52. The number of hydrogen-bond donors (Lipinski definition) is 0. The third kappa shape index (κ3) is 12.0. The first-order valence-electron chi connectivity index (χ1n) is 37.8. The number of hydrogen-bond acceptors (Lipinski definition) is 5. The first-order chi connectivity index (χ1) is 55.0. The van der Waals surface area contributed by atoms with E-state index < -0.39 is 5.41 Å². The Morgan fingerprint density at radius 1 is 0.153 bits per heavy atom. The van der Waals surface area contributed by atoms with Gasteiger partial charge < -0.3 is 0 Å². The molecule has 0 bridgehead atoms. The van der Waals surface area contributed by atoms with E-state index in [4.69, 9.17) is 24.9 Å². The molecule has 0 radical (unpaired) electrons. The summed E-state index contributed by atoms with van der Waals surface area (Å²) in [6.07, 6.45) is 0. The molecule has 0 spiro atoms. The quantitative estimate of drug-likeness (QED) is 0.114. The van der Waals surface area contributed by atoms with Gasteiger partial charge in [-0.15, -0.1) is 0 Å². The van der Waals surface area contributed by atoms with Crippen LogP contribution in [0.15, 0.2) is 419 Å². The lowest BCUT2D eigenvalue weighted by molar-refractivity contribution is 0.768. The van der Waals surface area contributed by atoms with Gasteiger partial charge in [0.15, 0.2) is 23.3 Å². The summed E-state index contributed by atoms with van der Waals surface area (Å²) < 4.78 is 0. The lowest BCUT2D eigenvalue weighted by Gasteiger charge is -2.34. The highest BCUT2D eigenvalue weighted by atomic mass is 15.0. The zero-order valence-corrected chi connectivity index (χ0v) is 60.6. The number of fused-ring (bicyclic) bond motifs is 12. The summed E-state index contributed by atoms with van der Waals surface area (Å²) >= 11 is 0. The number of aromatic nitrogens is 5. The smallest absolute Gasteiger partial charge is 0.164 e. The first-order valence-corrected chi connectivity index (χ1v) is 37.8. The van der Waals surface area contributed by atoms with Gasteiger partial charge in [-0.2, -0.15) is 0 Å². The van der Waals surface area contributed by atoms with Crippen LogP contribution < -0.4 is 0 Å². The Bertz CT molecular complexity index is 6790. The van der Waals surface area contributed by atoms with Gasteiger partial charge in [-0.05, 0) is 180 Å². The Kier molecular flexibility index (Phi) is 16.8. The molecule has 111 heavy (non-hydrogen) atoms. The Hall–Kier alpha value is -14.7. The predicted molar refractivity (Wildman–Crippen MR) is 461 cm³/mol. The van der Waals surface area contributed by atoms with Crippen LogP contribution in [0.4, 0.5) is 0 Å². The molecule has 518 valence electrons. The SMILES string of the molecule is c1ccc(-c2cccc(-c3cc(-c4ccc5c6ccccc6c6ccccc6c5c4)cc(-c4nc(-c5ccccc5)nc(-c5ccccc5)n4)c3)c2)cc1.c1ccc(-c2ccccc2-c2cc(-c3ccc4c(c3)C(c3ccccc3)(c3ccccc3)c3ccccc3-4)nc(-c3cc4ccccc4c4ccccc34)n2)cc1. The van der Waals surface area contributed by atoms with Crippen LogP contribution in [0, 0.1) is 0 Å². The van der Waals surface area contributed by atoms with Gasteiger partial charge in [0, 0.05) is 33.4 Å². The van der Waals surface area contributed by atoms with Crippen molar-refractivity contribution in [1.29, 1.82) is 0 Å². The highest BCUT2D eigenvalue weighted by Crippen LogP contribution is 2.57. The van der Waals surface area contributed by atoms with Crippen molar-refractivity contribution < 1.29 is 0 Å². The van der Waals surface area contributed by atoms with Gasteiger partial charge in [0.25, 0.3) is 0 Å². The molecule has 5 heteroatoms. The van der Waals surface area contributed by atoms with E-state index in [1.165, 1.54) is 87.6 Å². The van der Waals surface area contributed by atoms with Crippen molar-refractivity contribution in [2.75, 3.05) is 0 Å². The molecule has 21 rings (SSSR count). The molecule has 0 atom stereocenters. The van der Waals surface area contributed by atoms with Crippen LogP contribution >= 0.6 is 0 Å². The molecular weight excluding hydrogens is 1340 g/mol. The van der Waals surface area contributed by atoms with Gasteiger partial charge >= 0.3 is 0 Å². The second-order valence-electron chi connectivity index (χ2n) is 28.5. The van der Waals surface area contributed by atoms with Crippen LogP contribution in [0.1, 0.15) is 22.3 Å². The summed E-state index contributed by atoms with van der Waals surface area (Å²) in [7, 11) is 0. The van der Waals surface area contributed by atoms with Crippen molar-refractivity contribution in [3.8, 4) is 124 Å². The van der Waals surface area contributed by atoms with Gasteiger partial charge in [-0.1, -0.05) is 370 Å². The summed E-state index contributed by atoms with van der Waals surface area (Å²) in [4.78, 5) is 26.2. The summed E-state index contributed by atoms with van der Waals surface area (Å²) in [5.41, 5.74) is 23.8. The van der Waals surface area contributed by atoms with E-state index in [0.29, 0.717) is 23.3 Å². The topological polar surface area (TPSA) is 64.5 Å². The number of benzene rings is 18.